The Morgan fingerprint density at radius 1 is 1.53 bits per heavy atom. The van der Waals surface area contributed by atoms with Crippen LogP contribution in [0.3, 0.4) is 0 Å². The zero-order valence-corrected chi connectivity index (χ0v) is 13.2. The molecule has 2 rings (SSSR count). The standard InChI is InChI=1S/C11H14BrClN2O3S/c12-8-4-10(11(13)14-5-8)19(17,18)15-9-3-1-2-7(9)6-16/h4-5,7,9,15-16H,1-3,6H2. The predicted octanol–water partition coefficient (Wildman–Crippen LogP) is 1.94. The molecule has 0 aromatic carbocycles. The molecule has 0 radical (unpaired) electrons. The van der Waals surface area contributed by atoms with Gasteiger partial charge in [0.2, 0.25) is 10.0 Å². The van der Waals surface area contributed by atoms with Gasteiger partial charge in [0.1, 0.15) is 10.0 Å². The van der Waals surface area contributed by atoms with Crippen LogP contribution in [0.15, 0.2) is 21.6 Å². The highest BCUT2D eigenvalue weighted by atomic mass is 79.9. The van der Waals surface area contributed by atoms with Gasteiger partial charge < -0.3 is 5.11 Å². The lowest BCUT2D eigenvalue weighted by Crippen LogP contribution is -2.38. The van der Waals surface area contributed by atoms with E-state index in [9.17, 15) is 13.5 Å². The largest absolute Gasteiger partial charge is 0.396 e. The van der Waals surface area contributed by atoms with Crippen molar-refractivity contribution in [2.24, 2.45) is 5.92 Å². The summed E-state index contributed by atoms with van der Waals surface area (Å²) in [6.45, 7) is -0.0162. The van der Waals surface area contributed by atoms with Crippen molar-refractivity contribution < 1.29 is 13.5 Å². The highest BCUT2D eigenvalue weighted by molar-refractivity contribution is 9.10. The lowest BCUT2D eigenvalue weighted by molar-refractivity contribution is 0.213. The van der Waals surface area contributed by atoms with E-state index >= 15 is 0 Å². The first kappa shape index (κ1) is 15.2. The van der Waals surface area contributed by atoms with Crippen LogP contribution in [0, 0.1) is 5.92 Å². The lowest BCUT2D eigenvalue weighted by Gasteiger charge is -2.19. The topological polar surface area (TPSA) is 79.3 Å². The van der Waals surface area contributed by atoms with Crippen molar-refractivity contribution in [2.75, 3.05) is 6.61 Å². The Morgan fingerprint density at radius 2 is 2.26 bits per heavy atom. The fraction of sp³-hybridized carbons (Fsp3) is 0.545. The van der Waals surface area contributed by atoms with Gasteiger partial charge in [0.15, 0.2) is 0 Å². The van der Waals surface area contributed by atoms with Crippen LogP contribution in [0.2, 0.25) is 5.15 Å². The van der Waals surface area contributed by atoms with Crippen LogP contribution < -0.4 is 4.72 Å². The molecule has 0 aliphatic heterocycles. The third kappa shape index (κ3) is 3.46. The summed E-state index contributed by atoms with van der Waals surface area (Å²) < 4.78 is 27.7. The minimum atomic E-state index is -3.73. The van der Waals surface area contributed by atoms with Gasteiger partial charge in [-0.05, 0) is 40.8 Å². The van der Waals surface area contributed by atoms with Crippen LogP contribution in [-0.2, 0) is 10.0 Å². The molecule has 1 aliphatic rings. The molecule has 0 saturated heterocycles. The van der Waals surface area contributed by atoms with E-state index in [1.807, 2.05) is 0 Å². The van der Waals surface area contributed by atoms with Crippen molar-refractivity contribution in [3.05, 3.63) is 21.9 Å². The number of hydrogen-bond acceptors (Lipinski definition) is 4. The van der Waals surface area contributed by atoms with E-state index in [0.717, 1.165) is 19.3 Å². The summed E-state index contributed by atoms with van der Waals surface area (Å²) in [5.74, 6) is -0.0336. The van der Waals surface area contributed by atoms with Crippen LogP contribution in [-0.4, -0.2) is 31.2 Å². The first-order chi connectivity index (χ1) is 8.94. The second-order valence-electron chi connectivity index (χ2n) is 4.54. The number of halogens is 2. The van der Waals surface area contributed by atoms with Gasteiger partial charge in [0.25, 0.3) is 0 Å². The molecule has 19 heavy (non-hydrogen) atoms. The van der Waals surface area contributed by atoms with E-state index in [2.05, 4.69) is 25.6 Å². The smallest absolute Gasteiger partial charge is 0.243 e. The van der Waals surface area contributed by atoms with Gasteiger partial charge in [-0.25, -0.2) is 18.1 Å². The van der Waals surface area contributed by atoms with Gasteiger partial charge in [-0.1, -0.05) is 18.0 Å². The molecule has 1 aliphatic carbocycles. The zero-order valence-electron chi connectivity index (χ0n) is 10.0. The molecular weight excluding hydrogens is 356 g/mol. The van der Waals surface area contributed by atoms with Gasteiger partial charge in [-0.3, -0.25) is 0 Å². The number of aliphatic hydroxyl groups excluding tert-OH is 1. The maximum atomic E-state index is 12.3. The van der Waals surface area contributed by atoms with Crippen LogP contribution in [0.1, 0.15) is 19.3 Å². The van der Waals surface area contributed by atoms with Crippen LogP contribution >= 0.6 is 27.5 Å². The number of nitrogens with zero attached hydrogens (tertiary/aromatic N) is 1. The molecule has 5 nitrogen and oxygen atoms in total. The number of pyridine rings is 1. The highest BCUT2D eigenvalue weighted by Crippen LogP contribution is 2.28. The third-order valence-electron chi connectivity index (χ3n) is 3.26. The molecular formula is C11H14BrClN2O3S. The molecule has 0 amide bonds. The van der Waals surface area contributed by atoms with Gasteiger partial charge in [0, 0.05) is 23.3 Å². The zero-order chi connectivity index (χ0) is 14.0. The van der Waals surface area contributed by atoms with E-state index in [-0.39, 0.29) is 28.6 Å². The Morgan fingerprint density at radius 3 is 2.95 bits per heavy atom. The minimum absolute atomic E-state index is 0.0162. The average Bonchev–Trinajstić information content (AvgIpc) is 2.78. The van der Waals surface area contributed by atoms with Crippen LogP contribution in [0.5, 0.6) is 0 Å². The van der Waals surface area contributed by atoms with Crippen molar-refractivity contribution >= 4 is 37.6 Å². The molecule has 2 N–H and O–H groups in total. The molecule has 0 bridgehead atoms. The summed E-state index contributed by atoms with van der Waals surface area (Å²) in [5.41, 5.74) is 0. The van der Waals surface area contributed by atoms with Gasteiger partial charge >= 0.3 is 0 Å². The SMILES string of the molecule is O=S(=O)(NC1CCCC1CO)c1cc(Br)cnc1Cl. The molecule has 2 unspecified atom stereocenters. The van der Waals surface area contributed by atoms with E-state index in [0.29, 0.717) is 4.47 Å². The molecule has 106 valence electrons. The number of rotatable bonds is 4. The number of nitrogens with one attached hydrogen (secondary N) is 1. The summed E-state index contributed by atoms with van der Waals surface area (Å²) in [6, 6.07) is 1.17. The molecule has 1 saturated carbocycles. The van der Waals surface area contributed by atoms with Gasteiger partial charge in [-0.2, -0.15) is 0 Å². The minimum Gasteiger partial charge on any atom is -0.396 e. The first-order valence-corrected chi connectivity index (χ1v) is 8.53. The van der Waals surface area contributed by atoms with E-state index in [1.54, 1.807) is 0 Å². The Labute approximate surface area is 125 Å². The molecule has 1 heterocycles. The summed E-state index contributed by atoms with van der Waals surface area (Å²) in [7, 11) is -3.73. The maximum absolute atomic E-state index is 12.3. The Balaban J connectivity index is 2.25. The molecule has 0 spiro atoms. The van der Waals surface area contributed by atoms with E-state index < -0.39 is 10.0 Å². The predicted molar refractivity (Wildman–Crippen MR) is 75.5 cm³/mol. The van der Waals surface area contributed by atoms with Gasteiger partial charge in [0.05, 0.1) is 0 Å². The van der Waals surface area contributed by atoms with E-state index in [4.69, 9.17) is 11.6 Å². The van der Waals surface area contributed by atoms with Gasteiger partial charge in [-0.15, -0.1) is 0 Å². The van der Waals surface area contributed by atoms with Crippen LogP contribution in [0.25, 0.3) is 0 Å². The van der Waals surface area contributed by atoms with Crippen molar-refractivity contribution in [1.29, 1.82) is 0 Å². The van der Waals surface area contributed by atoms with Crippen molar-refractivity contribution in [2.45, 2.75) is 30.2 Å². The summed E-state index contributed by atoms with van der Waals surface area (Å²) in [5, 5.41) is 9.16. The summed E-state index contributed by atoms with van der Waals surface area (Å²) in [4.78, 5) is 3.76. The molecule has 8 heteroatoms. The number of sulfonamides is 1. The fourth-order valence-corrected chi connectivity index (χ4v) is 4.55. The Bertz CT molecular complexity index is 567. The normalized spacial score (nSPS) is 23.7. The van der Waals surface area contributed by atoms with Crippen molar-refractivity contribution in [3.63, 3.8) is 0 Å². The monoisotopic (exact) mass is 368 g/mol. The Hall–Kier alpha value is -0.210. The average molecular weight is 370 g/mol. The fourth-order valence-electron chi connectivity index (χ4n) is 2.27. The molecule has 1 fully saturated rings. The quantitative estimate of drug-likeness (QED) is 0.795. The molecule has 1 aromatic rings. The van der Waals surface area contributed by atoms with E-state index in [1.165, 1.54) is 12.3 Å². The maximum Gasteiger partial charge on any atom is 0.243 e. The van der Waals surface area contributed by atoms with Crippen molar-refractivity contribution in [1.82, 2.24) is 9.71 Å². The summed E-state index contributed by atoms with van der Waals surface area (Å²) >= 11 is 9.01. The number of aromatic nitrogens is 1. The highest BCUT2D eigenvalue weighted by Gasteiger charge is 2.31. The van der Waals surface area contributed by atoms with Crippen LogP contribution in [0.4, 0.5) is 0 Å². The third-order valence-corrected chi connectivity index (χ3v) is 5.61. The summed E-state index contributed by atoms with van der Waals surface area (Å²) in [6.07, 6.45) is 3.90. The van der Waals surface area contributed by atoms with Crippen molar-refractivity contribution in [3.8, 4) is 0 Å². The second-order valence-corrected chi connectivity index (χ2v) is 7.50. The molecule has 2 atom stereocenters. The Kier molecular flexibility index (Phi) is 4.84. The second kappa shape index (κ2) is 6.05. The number of hydrogen-bond donors (Lipinski definition) is 2. The number of aliphatic hydroxyl groups is 1. The lowest BCUT2D eigenvalue weighted by atomic mass is 10.1. The molecule has 1 aromatic heterocycles. The first-order valence-electron chi connectivity index (χ1n) is 5.88.